The Morgan fingerprint density at radius 2 is 1.92 bits per heavy atom. The number of guanidine groups is 1. The number of aliphatic imine (C=N–C) groups is 1. The molecule has 1 aliphatic carbocycles. The van der Waals surface area contributed by atoms with Crippen molar-refractivity contribution in [2.75, 3.05) is 40.0 Å². The maximum Gasteiger partial charge on any atom is 0.191 e. The van der Waals surface area contributed by atoms with E-state index in [0.29, 0.717) is 12.7 Å². The Morgan fingerprint density at radius 3 is 2.58 bits per heavy atom. The average molecular weight is 341 g/mol. The number of hydrogen-bond donors (Lipinski definition) is 2. The van der Waals surface area contributed by atoms with E-state index in [9.17, 15) is 0 Å². The van der Waals surface area contributed by atoms with E-state index in [0.717, 1.165) is 38.7 Å². The van der Waals surface area contributed by atoms with Crippen LogP contribution in [-0.2, 0) is 14.2 Å². The summed E-state index contributed by atoms with van der Waals surface area (Å²) in [5, 5.41) is 6.67. The zero-order valence-corrected chi connectivity index (χ0v) is 15.4. The molecule has 2 N–H and O–H groups in total. The second kappa shape index (κ2) is 11.7. The minimum atomic E-state index is 0.208. The molecule has 140 valence electrons. The molecule has 2 fully saturated rings. The normalized spacial score (nSPS) is 24.6. The highest BCUT2D eigenvalue weighted by molar-refractivity contribution is 5.79. The first-order valence-electron chi connectivity index (χ1n) is 9.56. The van der Waals surface area contributed by atoms with Gasteiger partial charge in [-0.05, 0) is 26.2 Å². The third-order valence-electron chi connectivity index (χ3n) is 4.63. The van der Waals surface area contributed by atoms with Gasteiger partial charge in [-0.2, -0.15) is 0 Å². The van der Waals surface area contributed by atoms with Crippen LogP contribution in [0, 0.1) is 0 Å². The maximum absolute atomic E-state index is 5.99. The topological polar surface area (TPSA) is 64.1 Å². The van der Waals surface area contributed by atoms with Gasteiger partial charge < -0.3 is 24.8 Å². The molecule has 2 unspecified atom stereocenters. The Kier molecular flexibility index (Phi) is 9.46. The van der Waals surface area contributed by atoms with Crippen molar-refractivity contribution in [1.82, 2.24) is 10.6 Å². The molecule has 2 rings (SSSR count). The fourth-order valence-electron chi connectivity index (χ4n) is 3.20. The molecule has 1 aliphatic heterocycles. The Labute approximate surface area is 146 Å². The molecule has 0 aromatic heterocycles. The summed E-state index contributed by atoms with van der Waals surface area (Å²) in [4.78, 5) is 4.27. The number of nitrogens with zero attached hydrogens (tertiary/aromatic N) is 1. The monoisotopic (exact) mass is 341 g/mol. The predicted octanol–water partition coefficient (Wildman–Crippen LogP) is 2.08. The van der Waals surface area contributed by atoms with Crippen molar-refractivity contribution in [2.24, 2.45) is 4.99 Å². The van der Waals surface area contributed by atoms with Gasteiger partial charge in [0.15, 0.2) is 5.96 Å². The smallest absolute Gasteiger partial charge is 0.191 e. The van der Waals surface area contributed by atoms with Crippen LogP contribution in [0.25, 0.3) is 0 Å². The van der Waals surface area contributed by atoms with Crippen molar-refractivity contribution in [3.8, 4) is 0 Å². The Hall–Kier alpha value is -0.850. The van der Waals surface area contributed by atoms with Gasteiger partial charge in [0.2, 0.25) is 0 Å². The van der Waals surface area contributed by atoms with Crippen LogP contribution < -0.4 is 10.6 Å². The van der Waals surface area contributed by atoms with Gasteiger partial charge in [-0.1, -0.05) is 25.7 Å². The van der Waals surface area contributed by atoms with Gasteiger partial charge in [0.1, 0.15) is 0 Å². The van der Waals surface area contributed by atoms with Crippen LogP contribution in [0.15, 0.2) is 4.99 Å². The van der Waals surface area contributed by atoms with Gasteiger partial charge in [-0.25, -0.2) is 0 Å². The molecule has 6 nitrogen and oxygen atoms in total. The van der Waals surface area contributed by atoms with E-state index in [4.69, 9.17) is 14.2 Å². The van der Waals surface area contributed by atoms with Crippen molar-refractivity contribution in [3.05, 3.63) is 0 Å². The predicted molar refractivity (Wildman–Crippen MR) is 96.6 cm³/mol. The van der Waals surface area contributed by atoms with Crippen LogP contribution in [0.5, 0.6) is 0 Å². The second-order valence-electron chi connectivity index (χ2n) is 6.85. The zero-order valence-electron chi connectivity index (χ0n) is 15.4. The van der Waals surface area contributed by atoms with Crippen LogP contribution in [0.2, 0.25) is 0 Å². The fraction of sp³-hybridized carbons (Fsp3) is 0.944. The summed E-state index contributed by atoms with van der Waals surface area (Å²) in [5.41, 5.74) is 0. The molecule has 0 spiro atoms. The Morgan fingerprint density at radius 1 is 1.12 bits per heavy atom. The Bertz CT molecular complexity index is 351. The van der Waals surface area contributed by atoms with Gasteiger partial charge in [0, 0.05) is 26.2 Å². The SMILES string of the molecule is CN=C(NCCOC1CCCCCC1)NC(C)COC1CCOC1. The van der Waals surface area contributed by atoms with Gasteiger partial charge >= 0.3 is 0 Å². The van der Waals surface area contributed by atoms with Crippen LogP contribution in [0.4, 0.5) is 0 Å². The first kappa shape index (κ1) is 19.5. The second-order valence-corrected chi connectivity index (χ2v) is 6.85. The van der Waals surface area contributed by atoms with Gasteiger partial charge in [-0.3, -0.25) is 4.99 Å². The van der Waals surface area contributed by atoms with E-state index < -0.39 is 0 Å². The molecule has 2 aliphatic rings. The summed E-state index contributed by atoms with van der Waals surface area (Å²) < 4.78 is 17.1. The van der Waals surface area contributed by atoms with Crippen LogP contribution in [0.3, 0.4) is 0 Å². The van der Waals surface area contributed by atoms with E-state index in [1.807, 2.05) is 0 Å². The minimum absolute atomic E-state index is 0.208. The lowest BCUT2D eigenvalue weighted by Crippen LogP contribution is -2.45. The van der Waals surface area contributed by atoms with E-state index >= 15 is 0 Å². The molecule has 1 saturated carbocycles. The molecular weight excluding hydrogens is 306 g/mol. The standard InChI is InChI=1S/C18H35N3O3/c1-15(13-24-17-9-11-22-14-17)21-18(19-2)20-10-12-23-16-7-5-3-4-6-8-16/h15-17H,3-14H2,1-2H3,(H2,19,20,21). The molecular formula is C18H35N3O3. The number of ether oxygens (including phenoxy) is 3. The Balaban J connectivity index is 1.54. The van der Waals surface area contributed by atoms with Crippen LogP contribution in [-0.4, -0.2) is 64.2 Å². The fourth-order valence-corrected chi connectivity index (χ4v) is 3.20. The molecule has 1 saturated heterocycles. The number of hydrogen-bond acceptors (Lipinski definition) is 4. The first-order valence-corrected chi connectivity index (χ1v) is 9.56. The molecule has 0 radical (unpaired) electrons. The first-order chi connectivity index (χ1) is 11.8. The summed E-state index contributed by atoms with van der Waals surface area (Å²) in [7, 11) is 1.79. The van der Waals surface area contributed by atoms with Gasteiger partial charge in [0.05, 0.1) is 32.0 Å². The van der Waals surface area contributed by atoms with Crippen LogP contribution in [0.1, 0.15) is 51.9 Å². The van der Waals surface area contributed by atoms with E-state index in [-0.39, 0.29) is 12.1 Å². The van der Waals surface area contributed by atoms with E-state index in [2.05, 4.69) is 22.5 Å². The largest absolute Gasteiger partial charge is 0.379 e. The third kappa shape index (κ3) is 7.81. The molecule has 0 aromatic carbocycles. The lowest BCUT2D eigenvalue weighted by molar-refractivity contribution is 0.0346. The third-order valence-corrected chi connectivity index (χ3v) is 4.63. The molecule has 0 aromatic rings. The number of rotatable bonds is 8. The van der Waals surface area contributed by atoms with Gasteiger partial charge in [-0.15, -0.1) is 0 Å². The minimum Gasteiger partial charge on any atom is -0.379 e. The summed E-state index contributed by atoms with van der Waals surface area (Å²) in [6.45, 7) is 5.81. The highest BCUT2D eigenvalue weighted by atomic mass is 16.5. The lowest BCUT2D eigenvalue weighted by atomic mass is 10.1. The zero-order chi connectivity index (χ0) is 17.0. The lowest BCUT2D eigenvalue weighted by Gasteiger charge is -2.20. The highest BCUT2D eigenvalue weighted by Gasteiger charge is 2.17. The molecule has 0 bridgehead atoms. The van der Waals surface area contributed by atoms with Crippen molar-refractivity contribution in [3.63, 3.8) is 0 Å². The van der Waals surface area contributed by atoms with Crippen molar-refractivity contribution in [2.45, 2.75) is 70.1 Å². The summed E-state index contributed by atoms with van der Waals surface area (Å²) in [5.74, 6) is 0.804. The quantitative estimate of drug-likeness (QED) is 0.306. The van der Waals surface area contributed by atoms with E-state index in [1.165, 1.54) is 38.5 Å². The summed E-state index contributed by atoms with van der Waals surface area (Å²) >= 11 is 0. The highest BCUT2D eigenvalue weighted by Crippen LogP contribution is 2.19. The van der Waals surface area contributed by atoms with Gasteiger partial charge in [0.25, 0.3) is 0 Å². The number of nitrogens with one attached hydrogen (secondary N) is 2. The molecule has 2 atom stereocenters. The molecule has 1 heterocycles. The van der Waals surface area contributed by atoms with E-state index in [1.54, 1.807) is 7.05 Å². The molecule has 24 heavy (non-hydrogen) atoms. The average Bonchev–Trinajstić information content (AvgIpc) is 2.98. The van der Waals surface area contributed by atoms with Crippen molar-refractivity contribution < 1.29 is 14.2 Å². The van der Waals surface area contributed by atoms with Crippen LogP contribution >= 0.6 is 0 Å². The maximum atomic E-state index is 5.99. The van der Waals surface area contributed by atoms with Crippen molar-refractivity contribution in [1.29, 1.82) is 0 Å². The molecule has 6 heteroatoms. The summed E-state index contributed by atoms with van der Waals surface area (Å²) in [6, 6.07) is 0.208. The van der Waals surface area contributed by atoms with Crippen molar-refractivity contribution >= 4 is 5.96 Å². The summed E-state index contributed by atoms with van der Waals surface area (Å²) in [6.07, 6.45) is 9.47. The molecule has 0 amide bonds.